The Morgan fingerprint density at radius 3 is 2.05 bits per heavy atom. The van der Waals surface area contributed by atoms with Crippen LogP contribution in [0.1, 0.15) is 51.7 Å². The first kappa shape index (κ1) is 16.9. The number of aryl methyl sites for hydroxylation is 1. The lowest BCUT2D eigenvalue weighted by Crippen LogP contribution is -2.54. The van der Waals surface area contributed by atoms with E-state index in [9.17, 15) is 4.79 Å². The molecule has 112 valence electrons. The molecule has 0 saturated heterocycles. The fraction of sp³-hybridized carbons (Fsp3) is 0.611. The van der Waals surface area contributed by atoms with Crippen LogP contribution in [0.15, 0.2) is 24.3 Å². The van der Waals surface area contributed by atoms with Crippen molar-refractivity contribution in [3.63, 3.8) is 0 Å². The van der Waals surface area contributed by atoms with Crippen molar-refractivity contribution < 1.29 is 4.79 Å². The van der Waals surface area contributed by atoms with E-state index in [1.165, 1.54) is 5.56 Å². The number of hydrogen-bond acceptors (Lipinski definition) is 2. The number of benzene rings is 1. The molecule has 0 saturated carbocycles. The minimum absolute atomic E-state index is 0.300. The van der Waals surface area contributed by atoms with Gasteiger partial charge in [0.25, 0.3) is 0 Å². The zero-order chi connectivity index (χ0) is 15.2. The Labute approximate surface area is 124 Å². The van der Waals surface area contributed by atoms with Gasteiger partial charge in [0.05, 0.1) is 5.54 Å². The van der Waals surface area contributed by atoms with Crippen LogP contribution >= 0.6 is 0 Å². The van der Waals surface area contributed by atoms with Crippen LogP contribution in [-0.2, 0) is 11.2 Å². The number of carbonyl (C=O) groups is 1. The van der Waals surface area contributed by atoms with Gasteiger partial charge in [-0.2, -0.15) is 0 Å². The Morgan fingerprint density at radius 1 is 1.05 bits per heavy atom. The molecule has 1 aromatic carbocycles. The van der Waals surface area contributed by atoms with Gasteiger partial charge in [-0.25, -0.2) is 0 Å². The molecule has 2 heteroatoms. The van der Waals surface area contributed by atoms with Crippen LogP contribution in [0, 0.1) is 6.92 Å². The minimum atomic E-state index is -0.300. The quantitative estimate of drug-likeness (QED) is 0.714. The Hall–Kier alpha value is -1.15. The molecule has 0 bridgehead atoms. The van der Waals surface area contributed by atoms with Gasteiger partial charge in [0.2, 0.25) is 0 Å². The largest absolute Gasteiger partial charge is 0.297 e. The van der Waals surface area contributed by atoms with E-state index >= 15 is 0 Å². The van der Waals surface area contributed by atoms with Crippen LogP contribution in [0.25, 0.3) is 0 Å². The molecule has 0 aliphatic carbocycles. The molecule has 0 aliphatic rings. The molecular formula is C18H29NO. The summed E-state index contributed by atoms with van der Waals surface area (Å²) in [6.45, 7) is 12.5. The van der Waals surface area contributed by atoms with Crippen molar-refractivity contribution in [2.75, 3.05) is 13.1 Å². The smallest absolute Gasteiger partial charge is 0.157 e. The lowest BCUT2D eigenvalue weighted by molar-refractivity contribution is -0.131. The maximum atomic E-state index is 13.0. The third-order valence-corrected chi connectivity index (χ3v) is 4.67. The fourth-order valence-electron chi connectivity index (χ4n) is 3.24. The lowest BCUT2D eigenvalue weighted by atomic mass is 9.82. The number of rotatable bonds is 8. The average molecular weight is 275 g/mol. The maximum absolute atomic E-state index is 13.0. The number of hydrogen-bond donors (Lipinski definition) is 0. The summed E-state index contributed by atoms with van der Waals surface area (Å²) in [5, 5.41) is 0. The van der Waals surface area contributed by atoms with Crippen LogP contribution in [0.5, 0.6) is 0 Å². The molecule has 0 heterocycles. The Bertz CT molecular complexity index is 431. The molecular weight excluding hydrogens is 246 g/mol. The second-order valence-corrected chi connectivity index (χ2v) is 5.44. The first-order valence-electron chi connectivity index (χ1n) is 7.88. The van der Waals surface area contributed by atoms with Crippen LogP contribution < -0.4 is 0 Å². The van der Waals surface area contributed by atoms with Crippen molar-refractivity contribution >= 4 is 5.78 Å². The lowest BCUT2D eigenvalue weighted by Gasteiger charge is -2.41. The Kier molecular flexibility index (Phi) is 6.41. The predicted molar refractivity (Wildman–Crippen MR) is 86.1 cm³/mol. The van der Waals surface area contributed by atoms with Crippen molar-refractivity contribution in [2.24, 2.45) is 0 Å². The highest BCUT2D eigenvalue weighted by Gasteiger charge is 2.38. The first-order chi connectivity index (χ1) is 9.55. The zero-order valence-electron chi connectivity index (χ0n) is 13.7. The minimum Gasteiger partial charge on any atom is -0.297 e. The van der Waals surface area contributed by atoms with E-state index in [0.29, 0.717) is 12.2 Å². The van der Waals surface area contributed by atoms with Gasteiger partial charge in [-0.3, -0.25) is 9.69 Å². The summed E-state index contributed by atoms with van der Waals surface area (Å²) in [6, 6.07) is 8.21. The number of nitrogens with zero attached hydrogens (tertiary/aromatic N) is 1. The highest BCUT2D eigenvalue weighted by molar-refractivity contribution is 5.90. The van der Waals surface area contributed by atoms with Crippen molar-refractivity contribution in [2.45, 2.75) is 59.4 Å². The van der Waals surface area contributed by atoms with E-state index in [0.717, 1.165) is 31.5 Å². The van der Waals surface area contributed by atoms with Gasteiger partial charge in [0.1, 0.15) is 0 Å². The van der Waals surface area contributed by atoms with E-state index in [4.69, 9.17) is 0 Å². The normalized spacial score (nSPS) is 11.9. The van der Waals surface area contributed by atoms with Gasteiger partial charge in [0.15, 0.2) is 5.78 Å². The monoisotopic (exact) mass is 275 g/mol. The van der Waals surface area contributed by atoms with Crippen LogP contribution in [0.4, 0.5) is 0 Å². The fourth-order valence-corrected chi connectivity index (χ4v) is 3.24. The summed E-state index contributed by atoms with van der Waals surface area (Å²) in [5.41, 5.74) is 2.07. The van der Waals surface area contributed by atoms with Crippen LogP contribution in [0.2, 0.25) is 0 Å². The van der Waals surface area contributed by atoms with Crippen molar-refractivity contribution in [3.05, 3.63) is 35.4 Å². The highest BCUT2D eigenvalue weighted by atomic mass is 16.1. The van der Waals surface area contributed by atoms with E-state index in [2.05, 4.69) is 51.7 Å². The van der Waals surface area contributed by atoms with Gasteiger partial charge in [-0.1, -0.05) is 52.0 Å². The Morgan fingerprint density at radius 2 is 1.60 bits per heavy atom. The van der Waals surface area contributed by atoms with Crippen molar-refractivity contribution in [1.82, 2.24) is 4.90 Å². The molecule has 0 radical (unpaired) electrons. The second kappa shape index (κ2) is 7.58. The SMILES string of the molecule is CCN(CC)C(CC)(CC)C(=O)Cc1ccccc1C. The summed E-state index contributed by atoms with van der Waals surface area (Å²) in [4.78, 5) is 15.3. The molecule has 0 atom stereocenters. The molecule has 20 heavy (non-hydrogen) atoms. The van der Waals surface area contributed by atoms with Crippen LogP contribution in [0.3, 0.4) is 0 Å². The molecule has 0 spiro atoms. The second-order valence-electron chi connectivity index (χ2n) is 5.44. The zero-order valence-corrected chi connectivity index (χ0v) is 13.7. The van der Waals surface area contributed by atoms with Gasteiger partial charge >= 0.3 is 0 Å². The summed E-state index contributed by atoms with van der Waals surface area (Å²) in [5.74, 6) is 0.362. The van der Waals surface area contributed by atoms with Gasteiger partial charge in [-0.05, 0) is 44.0 Å². The van der Waals surface area contributed by atoms with E-state index in [-0.39, 0.29) is 5.54 Å². The molecule has 0 N–H and O–H groups in total. The number of ketones is 1. The van der Waals surface area contributed by atoms with Gasteiger partial charge in [0, 0.05) is 6.42 Å². The van der Waals surface area contributed by atoms with E-state index < -0.39 is 0 Å². The van der Waals surface area contributed by atoms with Gasteiger partial charge in [-0.15, -0.1) is 0 Å². The standard InChI is InChI=1S/C18H29NO/c1-6-18(7-2,19(8-3)9-4)17(20)14-16-13-11-10-12-15(16)5/h10-13H,6-9,14H2,1-5H3. The summed E-state index contributed by atoms with van der Waals surface area (Å²) >= 11 is 0. The van der Waals surface area contributed by atoms with Crippen molar-refractivity contribution in [3.8, 4) is 0 Å². The molecule has 1 rings (SSSR count). The molecule has 0 aromatic heterocycles. The molecule has 0 aliphatic heterocycles. The van der Waals surface area contributed by atoms with E-state index in [1.54, 1.807) is 0 Å². The van der Waals surface area contributed by atoms with Crippen LogP contribution in [-0.4, -0.2) is 29.3 Å². The third-order valence-electron chi connectivity index (χ3n) is 4.67. The third kappa shape index (κ3) is 3.29. The average Bonchev–Trinajstić information content (AvgIpc) is 2.47. The number of Topliss-reactive ketones (excluding diaryl/α,β-unsaturated/α-hetero) is 1. The predicted octanol–water partition coefficient (Wildman–Crippen LogP) is 4.01. The number of likely N-dealkylation sites (N-methyl/N-ethyl adjacent to an activating group) is 1. The van der Waals surface area contributed by atoms with Crippen molar-refractivity contribution in [1.29, 1.82) is 0 Å². The molecule has 2 nitrogen and oxygen atoms in total. The summed E-state index contributed by atoms with van der Waals surface area (Å²) in [7, 11) is 0. The summed E-state index contributed by atoms with van der Waals surface area (Å²) in [6.07, 6.45) is 2.32. The van der Waals surface area contributed by atoms with Gasteiger partial charge < -0.3 is 0 Å². The Balaban J connectivity index is 3.04. The first-order valence-corrected chi connectivity index (χ1v) is 7.88. The molecule has 0 fully saturated rings. The maximum Gasteiger partial charge on any atom is 0.157 e. The topological polar surface area (TPSA) is 20.3 Å². The van der Waals surface area contributed by atoms with E-state index in [1.807, 2.05) is 12.1 Å². The summed E-state index contributed by atoms with van der Waals surface area (Å²) < 4.78 is 0. The molecule has 0 unspecified atom stereocenters. The number of carbonyl (C=O) groups excluding carboxylic acids is 1. The highest BCUT2D eigenvalue weighted by Crippen LogP contribution is 2.27. The molecule has 1 aromatic rings. The molecule has 0 amide bonds.